The quantitative estimate of drug-likeness (QED) is 0.382. The van der Waals surface area contributed by atoms with Gasteiger partial charge in [-0.3, -0.25) is 0 Å². The summed E-state index contributed by atoms with van der Waals surface area (Å²) < 4.78 is 6.41. The number of benzene rings is 3. The molecule has 5 heteroatoms. The molecular formula is C25H21BrClNO2. The number of hydrogen-bond acceptors (Lipinski definition) is 2. The van der Waals surface area contributed by atoms with E-state index in [-0.39, 0.29) is 5.92 Å². The van der Waals surface area contributed by atoms with Gasteiger partial charge in [0.1, 0.15) is 6.61 Å². The van der Waals surface area contributed by atoms with Gasteiger partial charge in [0.05, 0.1) is 5.02 Å². The maximum atomic E-state index is 12.2. The number of alkyl carbamates (subject to hydrolysis) is 1. The molecule has 3 nitrogen and oxygen atoms in total. The minimum atomic E-state index is -0.392. The average Bonchev–Trinajstić information content (AvgIpc) is 3.08. The standard InChI is InChI=1S/C25H21BrClNO2/c26-23-13-12-17(15-24(23)27)7-5-6-14-28-25(29)30-16-22-20-10-3-1-8-18(20)19-9-2-4-11-21(19)22/h1-5,7-13,15,22H,6,14,16H2,(H,28,29). The number of ether oxygens (including phenoxy) is 1. The van der Waals surface area contributed by atoms with Gasteiger partial charge in [-0.05, 0) is 62.3 Å². The highest BCUT2D eigenvalue weighted by Crippen LogP contribution is 2.44. The number of carbonyl (C=O) groups is 1. The van der Waals surface area contributed by atoms with Gasteiger partial charge >= 0.3 is 6.09 Å². The third kappa shape index (κ3) is 4.61. The highest BCUT2D eigenvalue weighted by atomic mass is 79.9. The van der Waals surface area contributed by atoms with Crippen LogP contribution in [0.15, 0.2) is 77.3 Å². The lowest BCUT2D eigenvalue weighted by molar-refractivity contribution is 0.143. The molecule has 1 aliphatic rings. The molecule has 0 unspecified atom stereocenters. The monoisotopic (exact) mass is 481 g/mol. The van der Waals surface area contributed by atoms with E-state index in [9.17, 15) is 4.79 Å². The van der Waals surface area contributed by atoms with Crippen LogP contribution in [0, 0.1) is 0 Å². The van der Waals surface area contributed by atoms with Crippen molar-refractivity contribution in [2.45, 2.75) is 12.3 Å². The molecule has 0 aromatic heterocycles. The Morgan fingerprint density at radius 2 is 1.70 bits per heavy atom. The van der Waals surface area contributed by atoms with Crippen molar-refractivity contribution in [2.24, 2.45) is 0 Å². The molecule has 4 rings (SSSR count). The highest BCUT2D eigenvalue weighted by molar-refractivity contribution is 9.10. The largest absolute Gasteiger partial charge is 0.449 e. The molecule has 0 saturated carbocycles. The van der Waals surface area contributed by atoms with Crippen LogP contribution in [0.2, 0.25) is 5.02 Å². The first-order valence-corrected chi connectivity index (χ1v) is 11.0. The first-order valence-electron chi connectivity index (χ1n) is 9.84. The predicted octanol–water partition coefficient (Wildman–Crippen LogP) is 7.04. The van der Waals surface area contributed by atoms with Gasteiger partial charge in [0.15, 0.2) is 0 Å². The molecule has 1 N–H and O–H groups in total. The maximum absolute atomic E-state index is 12.2. The molecule has 3 aromatic rings. The van der Waals surface area contributed by atoms with Gasteiger partial charge in [-0.25, -0.2) is 4.79 Å². The van der Waals surface area contributed by atoms with Crippen LogP contribution in [0.4, 0.5) is 4.79 Å². The highest BCUT2D eigenvalue weighted by Gasteiger charge is 2.28. The topological polar surface area (TPSA) is 38.3 Å². The second-order valence-corrected chi connectivity index (χ2v) is 8.38. The molecule has 0 fully saturated rings. The van der Waals surface area contributed by atoms with E-state index in [1.165, 1.54) is 22.3 Å². The summed E-state index contributed by atoms with van der Waals surface area (Å²) >= 11 is 9.47. The Balaban J connectivity index is 1.27. The lowest BCUT2D eigenvalue weighted by atomic mass is 9.98. The Bertz CT molecular complexity index is 1050. The van der Waals surface area contributed by atoms with Gasteiger partial charge in [-0.15, -0.1) is 0 Å². The van der Waals surface area contributed by atoms with E-state index >= 15 is 0 Å². The van der Waals surface area contributed by atoms with Gasteiger partial charge < -0.3 is 10.1 Å². The zero-order chi connectivity index (χ0) is 20.9. The van der Waals surface area contributed by atoms with E-state index in [0.29, 0.717) is 24.6 Å². The maximum Gasteiger partial charge on any atom is 0.407 e. The van der Waals surface area contributed by atoms with E-state index in [2.05, 4.69) is 45.5 Å². The summed E-state index contributed by atoms with van der Waals surface area (Å²) in [6.07, 6.45) is 4.30. The second kappa shape index (κ2) is 9.50. The Kier molecular flexibility index (Phi) is 6.56. The van der Waals surface area contributed by atoms with Crippen LogP contribution in [0.5, 0.6) is 0 Å². The van der Waals surface area contributed by atoms with Crippen LogP contribution >= 0.6 is 27.5 Å². The fourth-order valence-corrected chi connectivity index (χ4v) is 4.18. The van der Waals surface area contributed by atoms with Crippen LogP contribution < -0.4 is 5.32 Å². The van der Waals surface area contributed by atoms with Crippen molar-refractivity contribution in [1.82, 2.24) is 5.32 Å². The molecule has 30 heavy (non-hydrogen) atoms. The van der Waals surface area contributed by atoms with E-state index in [4.69, 9.17) is 16.3 Å². The Morgan fingerprint density at radius 1 is 1.03 bits per heavy atom. The second-order valence-electron chi connectivity index (χ2n) is 7.12. The van der Waals surface area contributed by atoms with Gasteiger partial charge in [-0.2, -0.15) is 0 Å². The smallest absolute Gasteiger partial charge is 0.407 e. The fraction of sp³-hybridized carbons (Fsp3) is 0.160. The molecule has 0 aliphatic heterocycles. The van der Waals surface area contributed by atoms with Gasteiger partial charge in [0, 0.05) is 16.9 Å². The van der Waals surface area contributed by atoms with Crippen LogP contribution in [-0.2, 0) is 4.74 Å². The van der Waals surface area contributed by atoms with Crippen LogP contribution in [0.25, 0.3) is 17.2 Å². The minimum Gasteiger partial charge on any atom is -0.449 e. The van der Waals surface area contributed by atoms with Gasteiger partial charge in [0.2, 0.25) is 0 Å². The third-order valence-corrected chi connectivity index (χ3v) is 6.41. The van der Waals surface area contributed by atoms with Crippen LogP contribution in [0.1, 0.15) is 29.0 Å². The number of carbonyl (C=O) groups excluding carboxylic acids is 1. The normalized spacial score (nSPS) is 12.6. The van der Waals surface area contributed by atoms with Crippen molar-refractivity contribution < 1.29 is 9.53 Å². The minimum absolute atomic E-state index is 0.0743. The lowest BCUT2D eigenvalue weighted by Crippen LogP contribution is -2.26. The lowest BCUT2D eigenvalue weighted by Gasteiger charge is -2.14. The zero-order valence-corrected chi connectivity index (χ0v) is 18.6. The molecule has 0 bridgehead atoms. The molecule has 1 amide bonds. The summed E-state index contributed by atoms with van der Waals surface area (Å²) in [5, 5.41) is 3.49. The number of nitrogens with one attached hydrogen (secondary N) is 1. The van der Waals surface area contributed by atoms with Gasteiger partial charge in [-0.1, -0.05) is 78.4 Å². The zero-order valence-electron chi connectivity index (χ0n) is 16.3. The molecule has 0 heterocycles. The van der Waals surface area contributed by atoms with Crippen molar-refractivity contribution in [3.05, 3.63) is 99.0 Å². The molecule has 0 radical (unpaired) electrons. The number of amides is 1. The molecule has 152 valence electrons. The summed E-state index contributed by atoms with van der Waals surface area (Å²) in [6.45, 7) is 0.838. The van der Waals surface area contributed by atoms with Crippen molar-refractivity contribution in [3.8, 4) is 11.1 Å². The van der Waals surface area contributed by atoms with E-state index in [0.717, 1.165) is 10.0 Å². The van der Waals surface area contributed by atoms with Gasteiger partial charge in [0.25, 0.3) is 0 Å². The molecule has 3 aromatic carbocycles. The van der Waals surface area contributed by atoms with Crippen molar-refractivity contribution in [2.75, 3.05) is 13.2 Å². The average molecular weight is 483 g/mol. The molecule has 0 atom stereocenters. The number of halogens is 2. The predicted molar refractivity (Wildman–Crippen MR) is 126 cm³/mol. The number of hydrogen-bond donors (Lipinski definition) is 1. The molecule has 0 spiro atoms. The summed E-state index contributed by atoms with van der Waals surface area (Å²) in [7, 11) is 0. The molecule has 1 aliphatic carbocycles. The Hall–Kier alpha value is -2.56. The van der Waals surface area contributed by atoms with Crippen molar-refractivity contribution in [1.29, 1.82) is 0 Å². The van der Waals surface area contributed by atoms with E-state index in [1.54, 1.807) is 0 Å². The van der Waals surface area contributed by atoms with Crippen molar-refractivity contribution >= 4 is 39.7 Å². The van der Waals surface area contributed by atoms with Crippen LogP contribution in [0.3, 0.4) is 0 Å². The summed E-state index contributed by atoms with van der Waals surface area (Å²) in [5.74, 6) is 0.0743. The summed E-state index contributed by atoms with van der Waals surface area (Å²) in [4.78, 5) is 12.2. The summed E-state index contributed by atoms with van der Waals surface area (Å²) in [6, 6.07) is 22.4. The summed E-state index contributed by atoms with van der Waals surface area (Å²) in [5.41, 5.74) is 5.88. The number of rotatable bonds is 6. The first-order chi connectivity index (χ1) is 14.6. The molecular weight excluding hydrogens is 462 g/mol. The molecule has 0 saturated heterocycles. The fourth-order valence-electron chi connectivity index (χ4n) is 3.74. The third-order valence-electron chi connectivity index (χ3n) is 5.18. The number of fused-ring (bicyclic) bond motifs is 3. The van der Waals surface area contributed by atoms with Crippen molar-refractivity contribution in [3.63, 3.8) is 0 Å². The van der Waals surface area contributed by atoms with Crippen LogP contribution in [-0.4, -0.2) is 19.2 Å². The van der Waals surface area contributed by atoms with E-state index in [1.807, 2.05) is 54.6 Å². The Labute approximate surface area is 189 Å². The Morgan fingerprint density at radius 3 is 2.37 bits per heavy atom. The first kappa shape index (κ1) is 20.7. The SMILES string of the molecule is O=C(NCCC=Cc1ccc(Br)c(Cl)c1)OCC1c2ccccc2-c2ccccc21. The van der Waals surface area contributed by atoms with E-state index < -0.39 is 6.09 Å².